The Kier molecular flexibility index (Phi) is 3.70. The summed E-state index contributed by atoms with van der Waals surface area (Å²) in [6.45, 7) is 3.65. The van der Waals surface area contributed by atoms with Gasteiger partial charge in [-0.2, -0.15) is 5.11 Å². The molecule has 0 saturated carbocycles. The first-order valence-electron chi connectivity index (χ1n) is 5.76. The Morgan fingerprint density at radius 3 is 2.42 bits per heavy atom. The first kappa shape index (κ1) is 12.9. The van der Waals surface area contributed by atoms with E-state index in [1.807, 2.05) is 32.0 Å². The molecule has 6 nitrogen and oxygen atoms in total. The summed E-state index contributed by atoms with van der Waals surface area (Å²) in [5, 5.41) is 8.34. The van der Waals surface area contributed by atoms with Gasteiger partial charge in [0, 0.05) is 6.07 Å². The average Bonchev–Trinajstić information content (AvgIpc) is 2.37. The van der Waals surface area contributed by atoms with Crippen molar-refractivity contribution in [2.75, 3.05) is 12.8 Å². The van der Waals surface area contributed by atoms with Crippen LogP contribution in [0.1, 0.15) is 11.4 Å². The molecule has 98 valence electrons. The zero-order valence-corrected chi connectivity index (χ0v) is 11.1. The van der Waals surface area contributed by atoms with Gasteiger partial charge < -0.3 is 10.5 Å². The Morgan fingerprint density at radius 2 is 1.79 bits per heavy atom. The maximum absolute atomic E-state index is 5.56. The third-order valence-electron chi connectivity index (χ3n) is 2.57. The number of benzene rings is 1. The second-order valence-corrected chi connectivity index (χ2v) is 4.00. The van der Waals surface area contributed by atoms with Crippen molar-refractivity contribution in [1.29, 1.82) is 0 Å². The molecule has 6 heteroatoms. The van der Waals surface area contributed by atoms with Gasteiger partial charge in [-0.15, -0.1) is 5.11 Å². The molecule has 19 heavy (non-hydrogen) atoms. The van der Waals surface area contributed by atoms with Crippen molar-refractivity contribution in [1.82, 2.24) is 9.97 Å². The van der Waals surface area contributed by atoms with Gasteiger partial charge >= 0.3 is 0 Å². The lowest BCUT2D eigenvalue weighted by Gasteiger charge is -2.03. The first-order chi connectivity index (χ1) is 9.10. The quantitative estimate of drug-likeness (QED) is 0.856. The van der Waals surface area contributed by atoms with Crippen molar-refractivity contribution in [3.8, 4) is 5.75 Å². The minimum Gasteiger partial charge on any atom is -0.497 e. The van der Waals surface area contributed by atoms with E-state index in [9.17, 15) is 0 Å². The van der Waals surface area contributed by atoms with Gasteiger partial charge in [0.2, 0.25) is 5.95 Å². The zero-order valence-electron chi connectivity index (χ0n) is 11.1. The summed E-state index contributed by atoms with van der Waals surface area (Å²) < 4.78 is 5.13. The molecule has 1 aromatic heterocycles. The number of hydrogen-bond donors (Lipinski definition) is 1. The van der Waals surface area contributed by atoms with Crippen molar-refractivity contribution < 1.29 is 4.74 Å². The molecule has 1 aromatic carbocycles. The highest BCUT2D eigenvalue weighted by atomic mass is 16.5. The predicted octanol–water partition coefficient (Wildman–Crippen LogP) is 3.10. The molecule has 0 aliphatic heterocycles. The largest absolute Gasteiger partial charge is 0.497 e. The van der Waals surface area contributed by atoms with Crippen molar-refractivity contribution >= 4 is 17.3 Å². The van der Waals surface area contributed by atoms with E-state index in [0.29, 0.717) is 22.8 Å². The van der Waals surface area contributed by atoms with Crippen LogP contribution in [0.3, 0.4) is 0 Å². The van der Waals surface area contributed by atoms with Gasteiger partial charge in [0.15, 0.2) is 0 Å². The highest BCUT2D eigenvalue weighted by Gasteiger charge is 2.06. The standard InChI is InChI=1S/C13H15N5O/c1-8-12(9(2)16-13(14)15-8)18-17-10-5-4-6-11(7-10)19-3/h4-7H,1-3H3,(H2,14,15,16). The summed E-state index contributed by atoms with van der Waals surface area (Å²) in [6, 6.07) is 7.34. The third kappa shape index (κ3) is 3.04. The van der Waals surface area contributed by atoms with E-state index in [4.69, 9.17) is 10.5 Å². The fourth-order valence-electron chi connectivity index (χ4n) is 1.66. The predicted molar refractivity (Wildman–Crippen MR) is 73.1 cm³/mol. The number of hydrogen-bond acceptors (Lipinski definition) is 6. The van der Waals surface area contributed by atoms with E-state index < -0.39 is 0 Å². The highest BCUT2D eigenvalue weighted by molar-refractivity contribution is 5.49. The van der Waals surface area contributed by atoms with Crippen LogP contribution in [0.25, 0.3) is 0 Å². The molecule has 0 aliphatic carbocycles. The molecule has 0 unspecified atom stereocenters. The average molecular weight is 257 g/mol. The van der Waals surface area contributed by atoms with E-state index in [2.05, 4.69) is 20.2 Å². The van der Waals surface area contributed by atoms with Crippen LogP contribution in [0, 0.1) is 13.8 Å². The van der Waals surface area contributed by atoms with Crippen LogP contribution in [0.15, 0.2) is 34.5 Å². The van der Waals surface area contributed by atoms with E-state index in [1.165, 1.54) is 0 Å². The monoisotopic (exact) mass is 257 g/mol. The molecule has 1 heterocycles. The van der Waals surface area contributed by atoms with Crippen molar-refractivity contribution in [3.63, 3.8) is 0 Å². The Hall–Kier alpha value is -2.50. The number of aryl methyl sites for hydroxylation is 2. The molecule has 0 atom stereocenters. The van der Waals surface area contributed by atoms with E-state index in [1.54, 1.807) is 13.2 Å². The molecule has 0 fully saturated rings. The molecule has 0 spiro atoms. The van der Waals surface area contributed by atoms with Crippen molar-refractivity contribution in [2.24, 2.45) is 10.2 Å². The number of methoxy groups -OCH3 is 1. The topological polar surface area (TPSA) is 85.8 Å². The number of azo groups is 1. The number of rotatable bonds is 3. The number of ether oxygens (including phenoxy) is 1. The SMILES string of the molecule is COc1cccc(N=Nc2c(C)nc(N)nc2C)c1. The fourth-order valence-corrected chi connectivity index (χ4v) is 1.66. The Morgan fingerprint density at radius 1 is 1.11 bits per heavy atom. The van der Waals surface area contributed by atoms with Gasteiger partial charge in [0.05, 0.1) is 24.2 Å². The molecule has 0 saturated heterocycles. The summed E-state index contributed by atoms with van der Waals surface area (Å²) >= 11 is 0. The van der Waals surface area contributed by atoms with Crippen molar-refractivity contribution in [3.05, 3.63) is 35.7 Å². The lowest BCUT2D eigenvalue weighted by molar-refractivity contribution is 0.415. The highest BCUT2D eigenvalue weighted by Crippen LogP contribution is 2.25. The minimum atomic E-state index is 0.246. The van der Waals surface area contributed by atoms with E-state index >= 15 is 0 Å². The van der Waals surface area contributed by atoms with Gasteiger partial charge in [0.25, 0.3) is 0 Å². The zero-order chi connectivity index (χ0) is 13.8. The van der Waals surface area contributed by atoms with Crippen LogP contribution in [0.5, 0.6) is 5.75 Å². The first-order valence-corrected chi connectivity index (χ1v) is 5.76. The molecular weight excluding hydrogens is 242 g/mol. The summed E-state index contributed by atoms with van der Waals surface area (Å²) in [4.78, 5) is 8.14. The van der Waals surface area contributed by atoms with Gasteiger partial charge in [0.1, 0.15) is 11.4 Å². The lowest BCUT2D eigenvalue weighted by Crippen LogP contribution is -1.98. The Bertz CT molecular complexity index is 601. The number of nitrogens with two attached hydrogens (primary N) is 1. The second-order valence-electron chi connectivity index (χ2n) is 4.00. The van der Waals surface area contributed by atoms with Crippen LogP contribution in [0.2, 0.25) is 0 Å². The number of anilines is 1. The summed E-state index contributed by atoms with van der Waals surface area (Å²) in [5.74, 6) is 0.980. The van der Waals surface area contributed by atoms with Crippen LogP contribution in [-0.2, 0) is 0 Å². The number of aromatic nitrogens is 2. The minimum absolute atomic E-state index is 0.246. The lowest BCUT2D eigenvalue weighted by atomic mass is 10.3. The molecule has 2 aromatic rings. The van der Waals surface area contributed by atoms with Gasteiger partial charge in [-0.3, -0.25) is 0 Å². The molecule has 0 amide bonds. The van der Waals surface area contributed by atoms with Crippen LogP contribution < -0.4 is 10.5 Å². The van der Waals surface area contributed by atoms with Gasteiger partial charge in [-0.05, 0) is 26.0 Å². The molecular formula is C13H15N5O. The normalized spacial score (nSPS) is 10.9. The third-order valence-corrected chi connectivity index (χ3v) is 2.57. The van der Waals surface area contributed by atoms with Gasteiger partial charge in [-0.1, -0.05) is 6.07 Å². The molecule has 2 rings (SSSR count). The van der Waals surface area contributed by atoms with Crippen LogP contribution >= 0.6 is 0 Å². The molecule has 0 aliphatic rings. The maximum Gasteiger partial charge on any atom is 0.220 e. The Labute approximate surface area is 111 Å². The smallest absolute Gasteiger partial charge is 0.220 e. The van der Waals surface area contributed by atoms with Crippen molar-refractivity contribution in [2.45, 2.75) is 13.8 Å². The second kappa shape index (κ2) is 5.43. The van der Waals surface area contributed by atoms with Crippen LogP contribution in [0.4, 0.5) is 17.3 Å². The summed E-state index contributed by atoms with van der Waals surface area (Å²) in [5.41, 5.74) is 8.31. The summed E-state index contributed by atoms with van der Waals surface area (Å²) in [6.07, 6.45) is 0. The summed E-state index contributed by atoms with van der Waals surface area (Å²) in [7, 11) is 1.61. The van der Waals surface area contributed by atoms with Gasteiger partial charge in [-0.25, -0.2) is 9.97 Å². The molecule has 0 bridgehead atoms. The number of nitrogen functional groups attached to an aromatic ring is 1. The number of nitrogens with zero attached hydrogens (tertiary/aromatic N) is 4. The van der Waals surface area contributed by atoms with Crippen LogP contribution in [-0.4, -0.2) is 17.1 Å². The molecule has 2 N–H and O–H groups in total. The maximum atomic E-state index is 5.56. The Balaban J connectivity index is 2.32. The van der Waals surface area contributed by atoms with E-state index in [0.717, 1.165) is 5.75 Å². The molecule has 0 radical (unpaired) electrons. The fraction of sp³-hybridized carbons (Fsp3) is 0.231. The van der Waals surface area contributed by atoms with E-state index in [-0.39, 0.29) is 5.95 Å².